The Hall–Kier alpha value is -1.90. The van der Waals surface area contributed by atoms with Crippen LogP contribution in [0.25, 0.3) is 0 Å². The van der Waals surface area contributed by atoms with Gasteiger partial charge in [0, 0.05) is 61.4 Å². The topological polar surface area (TPSA) is 35.6 Å². The number of hydrogen-bond acceptors (Lipinski definition) is 4. The Morgan fingerprint density at radius 3 is 2.52 bits per heavy atom. The zero-order valence-corrected chi connectivity index (χ0v) is 19.0. The average molecular weight is 472 g/mol. The number of carbonyl (C=O) groups is 1. The van der Waals surface area contributed by atoms with Gasteiger partial charge in [-0.25, -0.2) is 13.2 Å². The Bertz CT molecular complexity index is 923. The molecule has 1 fully saturated rings. The van der Waals surface area contributed by atoms with Crippen molar-refractivity contribution in [2.75, 3.05) is 30.1 Å². The first-order valence-electron chi connectivity index (χ1n) is 10.1. The van der Waals surface area contributed by atoms with Gasteiger partial charge in [-0.15, -0.1) is 0 Å². The largest absolute Gasteiger partial charge is 0.333 e. The standard InChI is InChI=1S/C22H25ClF3N3OS/c1-3-8-31-27-16-4-5-17(19(23)11-16)22(30)29-7-6-28(12-14(29)2)13-18-20(25)9-15(24)10-21(18)26/h4-5,9-11,14,27H,3,6-8,12-13H2,1-2H3/t14-/m0/s1. The van der Waals surface area contributed by atoms with E-state index in [2.05, 4.69) is 11.6 Å². The zero-order chi connectivity index (χ0) is 22.5. The zero-order valence-electron chi connectivity index (χ0n) is 17.4. The summed E-state index contributed by atoms with van der Waals surface area (Å²) in [5.41, 5.74) is 1.09. The number of piperazine rings is 1. The minimum atomic E-state index is -0.940. The van der Waals surface area contributed by atoms with Gasteiger partial charge in [-0.05, 0) is 31.5 Å². The number of nitrogens with one attached hydrogen (secondary N) is 1. The number of rotatable bonds is 7. The summed E-state index contributed by atoms with van der Waals surface area (Å²) >= 11 is 7.94. The van der Waals surface area contributed by atoms with E-state index in [0.29, 0.717) is 42.4 Å². The lowest BCUT2D eigenvalue weighted by molar-refractivity contribution is 0.0471. The van der Waals surface area contributed by atoms with Gasteiger partial charge < -0.3 is 9.62 Å². The van der Waals surface area contributed by atoms with Gasteiger partial charge in [0.2, 0.25) is 0 Å². The molecular formula is C22H25ClF3N3OS. The van der Waals surface area contributed by atoms with E-state index in [1.165, 1.54) is 0 Å². The van der Waals surface area contributed by atoms with Crippen LogP contribution in [0.3, 0.4) is 0 Å². The third-order valence-corrected chi connectivity index (χ3v) is 6.46. The molecule has 0 spiro atoms. The molecular weight excluding hydrogens is 447 g/mol. The van der Waals surface area contributed by atoms with Crippen LogP contribution in [0.1, 0.15) is 36.2 Å². The van der Waals surface area contributed by atoms with E-state index in [4.69, 9.17) is 11.6 Å². The van der Waals surface area contributed by atoms with Crippen LogP contribution in [-0.4, -0.2) is 47.1 Å². The smallest absolute Gasteiger partial charge is 0.255 e. The van der Waals surface area contributed by atoms with Crippen LogP contribution in [-0.2, 0) is 6.54 Å². The van der Waals surface area contributed by atoms with Gasteiger partial charge in [0.05, 0.1) is 10.6 Å². The molecule has 1 atom stereocenters. The lowest BCUT2D eigenvalue weighted by Gasteiger charge is -2.40. The third kappa shape index (κ3) is 5.87. The molecule has 2 aromatic rings. The molecule has 2 aromatic carbocycles. The molecule has 0 radical (unpaired) electrons. The van der Waals surface area contributed by atoms with Crippen molar-refractivity contribution < 1.29 is 18.0 Å². The number of benzene rings is 2. The predicted molar refractivity (Wildman–Crippen MR) is 120 cm³/mol. The van der Waals surface area contributed by atoms with Gasteiger partial charge >= 0.3 is 0 Å². The molecule has 31 heavy (non-hydrogen) atoms. The van der Waals surface area contributed by atoms with Crippen molar-refractivity contribution in [1.82, 2.24) is 9.80 Å². The maximum atomic E-state index is 14.0. The number of amides is 1. The average Bonchev–Trinajstić information content (AvgIpc) is 2.70. The summed E-state index contributed by atoms with van der Waals surface area (Å²) in [5.74, 6) is -1.96. The SMILES string of the molecule is CCCSNc1ccc(C(=O)N2CCN(Cc3c(F)cc(F)cc3F)C[C@@H]2C)c(Cl)c1. The van der Waals surface area contributed by atoms with Crippen LogP contribution in [0.5, 0.6) is 0 Å². The van der Waals surface area contributed by atoms with Crippen molar-refractivity contribution in [2.24, 2.45) is 0 Å². The molecule has 0 aliphatic carbocycles. The maximum absolute atomic E-state index is 14.0. The van der Waals surface area contributed by atoms with Crippen LogP contribution in [0.2, 0.25) is 5.02 Å². The second-order valence-electron chi connectivity index (χ2n) is 7.58. The Labute approximate surface area is 189 Å². The van der Waals surface area contributed by atoms with Crippen LogP contribution >= 0.6 is 23.5 Å². The normalized spacial score (nSPS) is 17.1. The Morgan fingerprint density at radius 2 is 1.90 bits per heavy atom. The maximum Gasteiger partial charge on any atom is 0.255 e. The summed E-state index contributed by atoms with van der Waals surface area (Å²) < 4.78 is 44.3. The monoisotopic (exact) mass is 471 g/mol. The van der Waals surface area contributed by atoms with Crippen LogP contribution in [0, 0.1) is 17.5 Å². The van der Waals surface area contributed by atoms with Crippen LogP contribution in [0.15, 0.2) is 30.3 Å². The number of nitrogens with zero attached hydrogens (tertiary/aromatic N) is 2. The van der Waals surface area contributed by atoms with E-state index in [0.717, 1.165) is 17.9 Å². The molecule has 4 nitrogen and oxygen atoms in total. The van der Waals surface area contributed by atoms with E-state index < -0.39 is 17.5 Å². The number of anilines is 1. The first-order chi connectivity index (χ1) is 14.8. The third-order valence-electron chi connectivity index (χ3n) is 5.16. The van der Waals surface area contributed by atoms with E-state index in [-0.39, 0.29) is 24.1 Å². The summed E-state index contributed by atoms with van der Waals surface area (Å²) in [6, 6.07) is 6.45. The second-order valence-corrected chi connectivity index (χ2v) is 8.88. The molecule has 0 saturated carbocycles. The van der Waals surface area contributed by atoms with Gasteiger partial charge in [0.15, 0.2) is 0 Å². The lowest BCUT2D eigenvalue weighted by atomic mass is 10.1. The molecule has 0 bridgehead atoms. The molecule has 1 aliphatic rings. The summed E-state index contributed by atoms with van der Waals surface area (Å²) in [4.78, 5) is 16.6. The van der Waals surface area contributed by atoms with Crippen molar-refractivity contribution in [1.29, 1.82) is 0 Å². The molecule has 1 amide bonds. The highest BCUT2D eigenvalue weighted by molar-refractivity contribution is 8.00. The predicted octanol–water partition coefficient (Wildman–Crippen LogP) is 5.57. The Kier molecular flexibility index (Phi) is 8.13. The molecule has 168 valence electrons. The van der Waals surface area contributed by atoms with Crippen LogP contribution in [0.4, 0.5) is 18.9 Å². The van der Waals surface area contributed by atoms with Crippen molar-refractivity contribution in [3.05, 3.63) is 63.9 Å². The van der Waals surface area contributed by atoms with Crippen molar-refractivity contribution >= 4 is 35.1 Å². The fraction of sp³-hybridized carbons (Fsp3) is 0.409. The number of carbonyl (C=O) groups excluding carboxylic acids is 1. The molecule has 1 N–H and O–H groups in total. The minimum Gasteiger partial charge on any atom is -0.333 e. The number of halogens is 4. The molecule has 1 heterocycles. The van der Waals surface area contributed by atoms with E-state index in [9.17, 15) is 18.0 Å². The van der Waals surface area contributed by atoms with Gasteiger partial charge in [0.25, 0.3) is 5.91 Å². The highest BCUT2D eigenvalue weighted by Crippen LogP contribution is 2.26. The Morgan fingerprint density at radius 1 is 1.19 bits per heavy atom. The summed E-state index contributed by atoms with van der Waals surface area (Å²) in [7, 11) is 0. The van der Waals surface area contributed by atoms with Crippen LogP contribution < -0.4 is 4.72 Å². The molecule has 0 aromatic heterocycles. The lowest BCUT2D eigenvalue weighted by Crippen LogP contribution is -2.53. The van der Waals surface area contributed by atoms with Gasteiger partial charge in [0.1, 0.15) is 17.5 Å². The van der Waals surface area contributed by atoms with Gasteiger partial charge in [-0.3, -0.25) is 9.69 Å². The van der Waals surface area contributed by atoms with Crippen molar-refractivity contribution in [3.8, 4) is 0 Å². The molecule has 3 rings (SSSR count). The van der Waals surface area contributed by atoms with E-state index >= 15 is 0 Å². The summed E-state index contributed by atoms with van der Waals surface area (Å²) in [6.45, 7) is 5.27. The second kappa shape index (κ2) is 10.6. The fourth-order valence-corrected chi connectivity index (χ4v) is 4.43. The van der Waals surface area contributed by atoms with Crippen molar-refractivity contribution in [3.63, 3.8) is 0 Å². The number of hydrogen-bond donors (Lipinski definition) is 1. The highest BCUT2D eigenvalue weighted by atomic mass is 35.5. The fourth-order valence-electron chi connectivity index (χ4n) is 3.57. The Balaban J connectivity index is 1.64. The van der Waals surface area contributed by atoms with E-state index in [1.54, 1.807) is 29.0 Å². The molecule has 1 saturated heterocycles. The molecule has 0 unspecified atom stereocenters. The highest BCUT2D eigenvalue weighted by Gasteiger charge is 2.30. The minimum absolute atomic E-state index is 0.0147. The van der Waals surface area contributed by atoms with E-state index in [1.807, 2.05) is 17.9 Å². The first-order valence-corrected chi connectivity index (χ1v) is 11.5. The van der Waals surface area contributed by atoms with Gasteiger partial charge in [-0.2, -0.15) is 0 Å². The summed E-state index contributed by atoms with van der Waals surface area (Å²) in [6.07, 6.45) is 1.05. The van der Waals surface area contributed by atoms with Crippen molar-refractivity contribution in [2.45, 2.75) is 32.9 Å². The quantitative estimate of drug-likeness (QED) is 0.423. The van der Waals surface area contributed by atoms with Gasteiger partial charge in [-0.1, -0.05) is 30.5 Å². The first kappa shape index (κ1) is 23.8. The summed E-state index contributed by atoms with van der Waals surface area (Å²) in [5, 5.41) is 0.372. The molecule has 9 heteroatoms. The molecule has 1 aliphatic heterocycles.